The summed E-state index contributed by atoms with van der Waals surface area (Å²) in [5, 5.41) is 13.6. The van der Waals surface area contributed by atoms with E-state index in [1.54, 1.807) is 0 Å². The highest BCUT2D eigenvalue weighted by atomic mass is 16.3. The van der Waals surface area contributed by atoms with E-state index in [1.807, 2.05) is 0 Å². The predicted octanol–water partition coefficient (Wildman–Crippen LogP) is 2.00. The summed E-state index contributed by atoms with van der Waals surface area (Å²) in [5.41, 5.74) is -0.0344. The van der Waals surface area contributed by atoms with Gasteiger partial charge >= 0.3 is 0 Å². The van der Waals surface area contributed by atoms with Crippen molar-refractivity contribution in [1.82, 2.24) is 10.2 Å². The molecule has 0 aliphatic heterocycles. The molecule has 0 aromatic carbocycles. The van der Waals surface area contributed by atoms with Crippen molar-refractivity contribution in [1.29, 1.82) is 0 Å². The maximum absolute atomic E-state index is 9.92. The lowest BCUT2D eigenvalue weighted by atomic mass is 9.92. The van der Waals surface area contributed by atoms with Gasteiger partial charge in [0.15, 0.2) is 0 Å². The van der Waals surface area contributed by atoms with Crippen molar-refractivity contribution >= 4 is 0 Å². The first-order chi connectivity index (χ1) is 8.72. The molecule has 2 aliphatic rings. The SMILES string of the molecule is CCCNC(CO)(CN(C)C1CCCC1)C1CC1. The van der Waals surface area contributed by atoms with Gasteiger partial charge in [-0.25, -0.2) is 0 Å². The van der Waals surface area contributed by atoms with Crippen LogP contribution in [0.5, 0.6) is 0 Å². The molecule has 18 heavy (non-hydrogen) atoms. The van der Waals surface area contributed by atoms with E-state index >= 15 is 0 Å². The van der Waals surface area contributed by atoms with Gasteiger partial charge in [0.2, 0.25) is 0 Å². The smallest absolute Gasteiger partial charge is 0.0628 e. The Hall–Kier alpha value is -0.120. The number of likely N-dealkylation sites (N-methyl/N-ethyl adjacent to an activating group) is 1. The minimum atomic E-state index is -0.0344. The first-order valence-corrected chi connectivity index (χ1v) is 7.78. The van der Waals surface area contributed by atoms with Gasteiger partial charge in [-0.15, -0.1) is 0 Å². The number of rotatable bonds is 8. The first-order valence-electron chi connectivity index (χ1n) is 7.78. The molecule has 1 atom stereocenters. The lowest BCUT2D eigenvalue weighted by molar-refractivity contribution is 0.0846. The maximum atomic E-state index is 9.92. The van der Waals surface area contributed by atoms with Gasteiger partial charge in [0.1, 0.15) is 0 Å². The number of aliphatic hydroxyl groups excluding tert-OH is 1. The van der Waals surface area contributed by atoms with Crippen molar-refractivity contribution in [2.24, 2.45) is 5.92 Å². The number of hydrogen-bond donors (Lipinski definition) is 2. The zero-order chi connectivity index (χ0) is 13.0. The van der Waals surface area contributed by atoms with Crippen molar-refractivity contribution in [3.63, 3.8) is 0 Å². The lowest BCUT2D eigenvalue weighted by Crippen LogP contribution is -2.58. The molecule has 0 saturated heterocycles. The van der Waals surface area contributed by atoms with Crippen LogP contribution in [0.1, 0.15) is 51.9 Å². The van der Waals surface area contributed by atoms with Crippen molar-refractivity contribution in [2.45, 2.75) is 63.5 Å². The molecule has 106 valence electrons. The van der Waals surface area contributed by atoms with E-state index < -0.39 is 0 Å². The summed E-state index contributed by atoms with van der Waals surface area (Å²) in [6.45, 7) is 4.52. The topological polar surface area (TPSA) is 35.5 Å². The third kappa shape index (κ3) is 3.25. The number of nitrogens with zero attached hydrogens (tertiary/aromatic N) is 1. The molecular weight excluding hydrogens is 224 g/mol. The van der Waals surface area contributed by atoms with Gasteiger partial charge in [0, 0.05) is 12.6 Å². The van der Waals surface area contributed by atoms with Crippen LogP contribution in [-0.2, 0) is 0 Å². The second kappa shape index (κ2) is 6.36. The Labute approximate surface area is 112 Å². The summed E-state index contributed by atoms with van der Waals surface area (Å²) in [6, 6.07) is 0.748. The van der Waals surface area contributed by atoms with Crippen LogP contribution in [0.4, 0.5) is 0 Å². The van der Waals surface area contributed by atoms with Gasteiger partial charge in [-0.3, -0.25) is 0 Å². The van der Waals surface area contributed by atoms with Gasteiger partial charge in [0.25, 0.3) is 0 Å². The van der Waals surface area contributed by atoms with E-state index in [0.717, 1.165) is 25.6 Å². The molecule has 1 unspecified atom stereocenters. The summed E-state index contributed by atoms with van der Waals surface area (Å²) in [5.74, 6) is 0.693. The van der Waals surface area contributed by atoms with E-state index in [2.05, 4.69) is 24.2 Å². The second-order valence-electron chi connectivity index (χ2n) is 6.37. The molecule has 2 aliphatic carbocycles. The third-order valence-corrected chi connectivity index (χ3v) is 4.85. The Bertz CT molecular complexity index is 249. The predicted molar refractivity (Wildman–Crippen MR) is 75.7 cm³/mol. The van der Waals surface area contributed by atoms with Gasteiger partial charge in [-0.1, -0.05) is 19.8 Å². The van der Waals surface area contributed by atoms with Gasteiger partial charge in [-0.05, 0) is 51.6 Å². The summed E-state index contributed by atoms with van der Waals surface area (Å²) in [4.78, 5) is 2.50. The Kier molecular flexibility index (Phi) is 5.05. The van der Waals surface area contributed by atoms with Crippen molar-refractivity contribution < 1.29 is 5.11 Å². The summed E-state index contributed by atoms with van der Waals surface area (Å²) in [6.07, 6.45) is 9.17. The molecule has 0 heterocycles. The van der Waals surface area contributed by atoms with Crippen LogP contribution in [0.3, 0.4) is 0 Å². The van der Waals surface area contributed by atoms with E-state index in [0.29, 0.717) is 5.92 Å². The number of hydrogen-bond acceptors (Lipinski definition) is 3. The standard InChI is InChI=1S/C15H30N2O/c1-3-10-16-15(12-18,13-8-9-13)11-17(2)14-6-4-5-7-14/h13-14,16,18H,3-12H2,1-2H3. The van der Waals surface area contributed by atoms with Gasteiger partial charge < -0.3 is 15.3 Å². The molecule has 0 bridgehead atoms. The minimum Gasteiger partial charge on any atom is -0.394 e. The van der Waals surface area contributed by atoms with Crippen LogP contribution >= 0.6 is 0 Å². The highest BCUT2D eigenvalue weighted by Gasteiger charge is 2.45. The molecule has 0 aromatic heterocycles. The summed E-state index contributed by atoms with van der Waals surface area (Å²) >= 11 is 0. The van der Waals surface area contributed by atoms with Crippen LogP contribution in [-0.4, -0.2) is 48.3 Å². The zero-order valence-corrected chi connectivity index (χ0v) is 12.1. The van der Waals surface area contributed by atoms with Crippen molar-refractivity contribution in [3.8, 4) is 0 Å². The highest BCUT2D eigenvalue weighted by Crippen LogP contribution is 2.40. The largest absolute Gasteiger partial charge is 0.394 e. The van der Waals surface area contributed by atoms with E-state index in [-0.39, 0.29) is 12.1 Å². The Morgan fingerprint density at radius 2 is 1.89 bits per heavy atom. The maximum Gasteiger partial charge on any atom is 0.0628 e. The first kappa shape index (κ1) is 14.3. The summed E-state index contributed by atoms with van der Waals surface area (Å²) in [7, 11) is 2.25. The second-order valence-corrected chi connectivity index (χ2v) is 6.37. The average Bonchev–Trinajstić information content (AvgIpc) is 3.09. The quantitative estimate of drug-likeness (QED) is 0.695. The molecule has 3 heteroatoms. The zero-order valence-electron chi connectivity index (χ0n) is 12.1. The summed E-state index contributed by atoms with van der Waals surface area (Å²) < 4.78 is 0. The van der Waals surface area contributed by atoms with Gasteiger partial charge in [-0.2, -0.15) is 0 Å². The number of aliphatic hydroxyl groups is 1. The van der Waals surface area contributed by atoms with Crippen LogP contribution < -0.4 is 5.32 Å². The fraction of sp³-hybridized carbons (Fsp3) is 1.00. The molecular formula is C15H30N2O. The molecule has 0 amide bonds. The molecule has 0 spiro atoms. The molecule has 0 aromatic rings. The van der Waals surface area contributed by atoms with E-state index in [9.17, 15) is 5.11 Å². The van der Waals surface area contributed by atoms with Crippen LogP contribution in [0.2, 0.25) is 0 Å². The number of nitrogens with one attached hydrogen (secondary N) is 1. The van der Waals surface area contributed by atoms with E-state index in [4.69, 9.17) is 0 Å². The minimum absolute atomic E-state index is 0.0344. The van der Waals surface area contributed by atoms with Crippen LogP contribution in [0.15, 0.2) is 0 Å². The fourth-order valence-corrected chi connectivity index (χ4v) is 3.49. The van der Waals surface area contributed by atoms with Crippen molar-refractivity contribution in [2.75, 3.05) is 26.7 Å². The molecule has 2 N–H and O–H groups in total. The Balaban J connectivity index is 1.94. The Morgan fingerprint density at radius 3 is 2.39 bits per heavy atom. The molecule has 2 fully saturated rings. The fourth-order valence-electron chi connectivity index (χ4n) is 3.49. The van der Waals surface area contributed by atoms with E-state index in [1.165, 1.54) is 38.5 Å². The molecule has 2 rings (SSSR count). The highest BCUT2D eigenvalue weighted by molar-refractivity contribution is 5.03. The Morgan fingerprint density at radius 1 is 1.22 bits per heavy atom. The molecule has 0 radical (unpaired) electrons. The lowest BCUT2D eigenvalue weighted by Gasteiger charge is -2.39. The van der Waals surface area contributed by atoms with Crippen LogP contribution in [0.25, 0.3) is 0 Å². The molecule has 3 nitrogen and oxygen atoms in total. The third-order valence-electron chi connectivity index (χ3n) is 4.85. The van der Waals surface area contributed by atoms with Gasteiger partial charge in [0.05, 0.1) is 12.1 Å². The van der Waals surface area contributed by atoms with Crippen LogP contribution in [0, 0.1) is 5.92 Å². The average molecular weight is 254 g/mol. The normalized spacial score (nSPS) is 24.7. The monoisotopic (exact) mass is 254 g/mol. The van der Waals surface area contributed by atoms with Crippen molar-refractivity contribution in [3.05, 3.63) is 0 Å². The molecule has 2 saturated carbocycles.